The molecule has 0 bridgehead atoms. The van der Waals surface area contributed by atoms with Gasteiger partial charge in [-0.1, -0.05) is 5.92 Å². The maximum absolute atomic E-state index is 11.3. The molecule has 0 aromatic carbocycles. The molecule has 0 atom stereocenters. The Balaban J connectivity index is 1.72. The average Bonchev–Trinajstić information content (AvgIpc) is 3.18. The number of carbonyl (C=O) groups excluding carboxylic acids is 1. The number of ether oxygens (including phenoxy) is 2. The fourth-order valence-corrected chi connectivity index (χ4v) is 2.82. The van der Waals surface area contributed by atoms with E-state index in [2.05, 4.69) is 32.7 Å². The van der Waals surface area contributed by atoms with Crippen molar-refractivity contribution in [1.82, 2.24) is 19.9 Å². The highest BCUT2D eigenvalue weighted by Gasteiger charge is 2.13. The van der Waals surface area contributed by atoms with E-state index in [1.807, 2.05) is 25.1 Å². The van der Waals surface area contributed by atoms with Gasteiger partial charge in [0.1, 0.15) is 17.6 Å². The van der Waals surface area contributed by atoms with Crippen molar-refractivity contribution in [3.05, 3.63) is 42.4 Å². The summed E-state index contributed by atoms with van der Waals surface area (Å²) in [6.07, 6.45) is 9.43. The zero-order chi connectivity index (χ0) is 21.3. The molecule has 0 saturated carbocycles. The molecular formula is C21H20N6O3. The number of nitriles is 1. The van der Waals surface area contributed by atoms with Crippen LogP contribution in [0.4, 0.5) is 10.6 Å². The van der Waals surface area contributed by atoms with Gasteiger partial charge in [0.2, 0.25) is 0 Å². The summed E-state index contributed by atoms with van der Waals surface area (Å²) < 4.78 is 12.0. The van der Waals surface area contributed by atoms with Crippen LogP contribution in [0.25, 0.3) is 16.6 Å². The first-order valence-electron chi connectivity index (χ1n) is 9.25. The van der Waals surface area contributed by atoms with Crippen LogP contribution < -0.4 is 15.4 Å². The number of nitrogens with zero attached hydrogens (tertiary/aromatic N) is 4. The molecule has 0 aliphatic carbocycles. The molecule has 0 saturated heterocycles. The van der Waals surface area contributed by atoms with E-state index < -0.39 is 6.09 Å². The van der Waals surface area contributed by atoms with Crippen LogP contribution in [0.5, 0.6) is 5.75 Å². The van der Waals surface area contributed by atoms with Gasteiger partial charge in [-0.3, -0.25) is 0 Å². The van der Waals surface area contributed by atoms with Crippen molar-refractivity contribution in [2.75, 3.05) is 31.6 Å². The first-order valence-corrected chi connectivity index (χ1v) is 9.25. The predicted molar refractivity (Wildman–Crippen MR) is 111 cm³/mol. The van der Waals surface area contributed by atoms with Crippen molar-refractivity contribution in [2.24, 2.45) is 0 Å². The van der Waals surface area contributed by atoms with Crippen molar-refractivity contribution in [3.8, 4) is 35.3 Å². The number of fused-ring (bicyclic) bond motifs is 1. The highest BCUT2D eigenvalue weighted by atomic mass is 16.5. The number of rotatable bonds is 8. The second kappa shape index (κ2) is 9.80. The summed E-state index contributed by atoms with van der Waals surface area (Å²) in [6, 6.07) is 7.75. The van der Waals surface area contributed by atoms with E-state index >= 15 is 0 Å². The largest absolute Gasteiger partial charge is 0.492 e. The predicted octanol–water partition coefficient (Wildman–Crippen LogP) is 2.44. The van der Waals surface area contributed by atoms with E-state index in [0.717, 1.165) is 11.1 Å². The summed E-state index contributed by atoms with van der Waals surface area (Å²) >= 11 is 0. The summed E-state index contributed by atoms with van der Waals surface area (Å²) in [5.74, 6) is 3.51. The van der Waals surface area contributed by atoms with E-state index in [1.54, 1.807) is 16.9 Å². The molecule has 30 heavy (non-hydrogen) atoms. The first-order chi connectivity index (χ1) is 14.7. The van der Waals surface area contributed by atoms with E-state index in [9.17, 15) is 10.1 Å². The Morgan fingerprint density at radius 3 is 2.90 bits per heavy atom. The zero-order valence-corrected chi connectivity index (χ0v) is 16.4. The minimum absolute atomic E-state index is 0.0647. The number of hydrogen-bond donors (Lipinski definition) is 2. The number of terminal acetylenes is 1. The summed E-state index contributed by atoms with van der Waals surface area (Å²) in [5, 5.41) is 19.3. The molecule has 3 aromatic heterocycles. The molecule has 3 heterocycles. The molecule has 3 aromatic rings. The van der Waals surface area contributed by atoms with E-state index in [0.29, 0.717) is 42.3 Å². The maximum Gasteiger partial charge on any atom is 0.408 e. The molecule has 0 spiro atoms. The van der Waals surface area contributed by atoms with E-state index in [4.69, 9.17) is 15.9 Å². The number of aromatic nitrogens is 3. The van der Waals surface area contributed by atoms with Gasteiger partial charge in [0.15, 0.2) is 6.61 Å². The van der Waals surface area contributed by atoms with Gasteiger partial charge in [-0.25, -0.2) is 14.3 Å². The fourth-order valence-electron chi connectivity index (χ4n) is 2.82. The second-order valence-electron chi connectivity index (χ2n) is 6.05. The van der Waals surface area contributed by atoms with Gasteiger partial charge in [-0.2, -0.15) is 10.4 Å². The topological polar surface area (TPSA) is 114 Å². The van der Waals surface area contributed by atoms with Crippen LogP contribution in [-0.4, -0.2) is 47.0 Å². The minimum atomic E-state index is -0.564. The summed E-state index contributed by atoms with van der Waals surface area (Å²) in [7, 11) is 0. The molecule has 0 aliphatic heterocycles. The van der Waals surface area contributed by atoms with Crippen LogP contribution in [0.2, 0.25) is 0 Å². The maximum atomic E-state index is 11.3. The van der Waals surface area contributed by atoms with Gasteiger partial charge in [0.05, 0.1) is 30.1 Å². The molecule has 0 unspecified atom stereocenters. The number of pyridine rings is 2. The third-order valence-corrected chi connectivity index (χ3v) is 4.08. The van der Waals surface area contributed by atoms with E-state index in [-0.39, 0.29) is 6.61 Å². The quantitative estimate of drug-likeness (QED) is 0.438. The van der Waals surface area contributed by atoms with Crippen molar-refractivity contribution in [1.29, 1.82) is 5.26 Å². The first kappa shape index (κ1) is 20.5. The van der Waals surface area contributed by atoms with Crippen molar-refractivity contribution >= 4 is 17.4 Å². The van der Waals surface area contributed by atoms with Crippen molar-refractivity contribution in [2.45, 2.75) is 6.92 Å². The Morgan fingerprint density at radius 1 is 1.33 bits per heavy atom. The molecule has 3 rings (SSSR count). The highest BCUT2D eigenvalue weighted by Crippen LogP contribution is 2.30. The van der Waals surface area contributed by atoms with Crippen molar-refractivity contribution < 1.29 is 14.3 Å². The molecule has 0 fully saturated rings. The van der Waals surface area contributed by atoms with Crippen LogP contribution in [0.3, 0.4) is 0 Å². The SMILES string of the molecule is C#CCOC(=O)NCCNc1ccc(-c2cc(OCC)cn3ncc(C#N)c23)cn1. The molecule has 9 heteroatoms. The number of hydrogen-bond acceptors (Lipinski definition) is 7. The lowest BCUT2D eigenvalue weighted by atomic mass is 10.1. The monoisotopic (exact) mass is 404 g/mol. The Bertz CT molecular complexity index is 1110. The van der Waals surface area contributed by atoms with Gasteiger partial charge in [0, 0.05) is 30.4 Å². The standard InChI is InChI=1S/C21H20N6O3/c1-3-9-30-21(28)24-8-7-23-19-6-5-15(12-25-19)18-10-17(29-4-2)14-27-20(18)16(11-22)13-26-27/h1,5-6,10,12-14H,4,7-9H2,2H3,(H,23,25)(H,24,28). The summed E-state index contributed by atoms with van der Waals surface area (Å²) in [4.78, 5) is 15.7. The third-order valence-electron chi connectivity index (χ3n) is 4.08. The number of nitrogens with one attached hydrogen (secondary N) is 2. The third kappa shape index (κ3) is 4.78. The Labute approximate surface area is 173 Å². The van der Waals surface area contributed by atoms with E-state index in [1.165, 1.54) is 6.20 Å². The smallest absolute Gasteiger partial charge is 0.408 e. The number of anilines is 1. The molecule has 0 radical (unpaired) electrons. The summed E-state index contributed by atoms with van der Waals surface area (Å²) in [5.41, 5.74) is 2.78. The zero-order valence-electron chi connectivity index (χ0n) is 16.4. The van der Waals surface area contributed by atoms with Gasteiger partial charge >= 0.3 is 6.09 Å². The van der Waals surface area contributed by atoms with Gasteiger partial charge in [-0.15, -0.1) is 6.42 Å². The van der Waals surface area contributed by atoms with Gasteiger partial charge < -0.3 is 20.1 Å². The molecule has 152 valence electrons. The fraction of sp³-hybridized carbons (Fsp3) is 0.238. The molecule has 2 N–H and O–H groups in total. The Hall–Kier alpha value is -4.24. The number of alkyl carbamates (subject to hydrolysis) is 1. The second-order valence-corrected chi connectivity index (χ2v) is 6.05. The molecule has 0 aliphatic rings. The highest BCUT2D eigenvalue weighted by molar-refractivity contribution is 5.85. The van der Waals surface area contributed by atoms with Gasteiger partial charge in [-0.05, 0) is 25.1 Å². The lowest BCUT2D eigenvalue weighted by molar-refractivity contribution is 0.160. The Kier molecular flexibility index (Phi) is 6.70. The number of carbonyl (C=O) groups is 1. The normalized spacial score (nSPS) is 10.1. The Morgan fingerprint density at radius 2 is 2.20 bits per heavy atom. The summed E-state index contributed by atoms with van der Waals surface area (Å²) in [6.45, 7) is 3.17. The molecule has 1 amide bonds. The van der Waals surface area contributed by atoms with Crippen LogP contribution >= 0.6 is 0 Å². The average molecular weight is 404 g/mol. The van der Waals surface area contributed by atoms with Crippen LogP contribution in [0.15, 0.2) is 36.8 Å². The lowest BCUT2D eigenvalue weighted by Crippen LogP contribution is -2.29. The minimum Gasteiger partial charge on any atom is -0.492 e. The van der Waals surface area contributed by atoms with Crippen LogP contribution in [0.1, 0.15) is 12.5 Å². The molecular weight excluding hydrogens is 384 g/mol. The van der Waals surface area contributed by atoms with Crippen LogP contribution in [-0.2, 0) is 4.74 Å². The van der Waals surface area contributed by atoms with Gasteiger partial charge in [0.25, 0.3) is 0 Å². The van der Waals surface area contributed by atoms with Crippen LogP contribution in [0, 0.1) is 23.7 Å². The number of amides is 1. The lowest BCUT2D eigenvalue weighted by Gasteiger charge is -2.11. The molecule has 9 nitrogen and oxygen atoms in total. The van der Waals surface area contributed by atoms with Crippen molar-refractivity contribution in [3.63, 3.8) is 0 Å².